The summed E-state index contributed by atoms with van der Waals surface area (Å²) < 4.78 is 12.0. The van der Waals surface area contributed by atoms with Crippen molar-refractivity contribution in [3.05, 3.63) is 51.7 Å². The van der Waals surface area contributed by atoms with Gasteiger partial charge in [0.25, 0.3) is 11.5 Å². The molecule has 1 aromatic carbocycles. The number of benzene rings is 1. The summed E-state index contributed by atoms with van der Waals surface area (Å²) in [6.07, 6.45) is 2.02. The van der Waals surface area contributed by atoms with Crippen LogP contribution in [0, 0.1) is 0 Å². The van der Waals surface area contributed by atoms with Crippen LogP contribution in [0.1, 0.15) is 21.6 Å². The molecule has 3 heterocycles. The number of aromatic nitrogens is 2. The highest BCUT2D eigenvalue weighted by molar-refractivity contribution is 5.95. The lowest BCUT2D eigenvalue weighted by Crippen LogP contribution is -2.40. The summed E-state index contributed by atoms with van der Waals surface area (Å²) in [7, 11) is 1.68. The van der Waals surface area contributed by atoms with Gasteiger partial charge in [0, 0.05) is 24.7 Å². The van der Waals surface area contributed by atoms with Crippen molar-refractivity contribution in [3.8, 4) is 11.5 Å². The van der Waals surface area contributed by atoms with Gasteiger partial charge in [0.1, 0.15) is 0 Å². The van der Waals surface area contributed by atoms with E-state index in [4.69, 9.17) is 9.47 Å². The molecule has 2 aromatic rings. The highest BCUT2D eigenvalue weighted by Gasteiger charge is 2.26. The SMILES string of the molecule is Cn1cnc2c(c1=O)CCN(C(=O)c1ccc3c(c1)OCO3)C2. The van der Waals surface area contributed by atoms with Crippen molar-refractivity contribution in [1.82, 2.24) is 14.5 Å². The molecule has 0 unspecified atom stereocenters. The Bertz CT molecular complexity index is 859. The topological polar surface area (TPSA) is 73.7 Å². The summed E-state index contributed by atoms with van der Waals surface area (Å²) in [4.78, 5) is 30.7. The average molecular weight is 313 g/mol. The van der Waals surface area contributed by atoms with Gasteiger partial charge in [-0.1, -0.05) is 0 Å². The van der Waals surface area contributed by atoms with Crippen molar-refractivity contribution >= 4 is 5.91 Å². The molecule has 2 aliphatic heterocycles. The molecule has 0 bridgehead atoms. The van der Waals surface area contributed by atoms with Crippen LogP contribution in [0.15, 0.2) is 29.3 Å². The van der Waals surface area contributed by atoms with Crippen molar-refractivity contribution in [2.45, 2.75) is 13.0 Å². The summed E-state index contributed by atoms with van der Waals surface area (Å²) >= 11 is 0. The molecule has 2 aliphatic rings. The predicted molar refractivity (Wildman–Crippen MR) is 80.5 cm³/mol. The molecule has 7 nitrogen and oxygen atoms in total. The van der Waals surface area contributed by atoms with Crippen molar-refractivity contribution in [2.75, 3.05) is 13.3 Å². The van der Waals surface area contributed by atoms with Crippen molar-refractivity contribution < 1.29 is 14.3 Å². The maximum atomic E-state index is 12.7. The van der Waals surface area contributed by atoms with Crippen molar-refractivity contribution in [1.29, 1.82) is 0 Å². The molecular formula is C16H15N3O4. The number of ether oxygens (including phenoxy) is 2. The van der Waals surface area contributed by atoms with Gasteiger partial charge < -0.3 is 18.9 Å². The monoisotopic (exact) mass is 313 g/mol. The zero-order chi connectivity index (χ0) is 16.0. The van der Waals surface area contributed by atoms with Gasteiger partial charge in [0.05, 0.1) is 18.6 Å². The van der Waals surface area contributed by atoms with Crippen LogP contribution in [0.5, 0.6) is 11.5 Å². The predicted octanol–water partition coefficient (Wildman–Crippen LogP) is 0.707. The summed E-state index contributed by atoms with van der Waals surface area (Å²) in [6, 6.07) is 5.15. The maximum Gasteiger partial charge on any atom is 0.256 e. The Morgan fingerprint density at radius 2 is 2.09 bits per heavy atom. The first kappa shape index (κ1) is 13.8. The average Bonchev–Trinajstić information content (AvgIpc) is 3.05. The minimum atomic E-state index is -0.101. The molecule has 0 aliphatic carbocycles. The first-order valence-corrected chi connectivity index (χ1v) is 7.36. The van der Waals surface area contributed by atoms with E-state index in [0.29, 0.717) is 47.8 Å². The van der Waals surface area contributed by atoms with Crippen LogP contribution in [-0.4, -0.2) is 33.7 Å². The number of fused-ring (bicyclic) bond motifs is 2. The molecule has 7 heteroatoms. The molecule has 1 aromatic heterocycles. The Kier molecular flexibility index (Phi) is 3.07. The molecule has 23 heavy (non-hydrogen) atoms. The molecule has 0 spiro atoms. The molecule has 0 radical (unpaired) electrons. The van der Waals surface area contributed by atoms with E-state index in [-0.39, 0.29) is 18.3 Å². The van der Waals surface area contributed by atoms with Crippen LogP contribution in [-0.2, 0) is 20.0 Å². The Balaban J connectivity index is 1.61. The maximum absolute atomic E-state index is 12.7. The quantitative estimate of drug-likeness (QED) is 0.775. The smallest absolute Gasteiger partial charge is 0.256 e. The number of hydrogen-bond acceptors (Lipinski definition) is 5. The van der Waals surface area contributed by atoms with Crippen LogP contribution in [0.3, 0.4) is 0 Å². The van der Waals surface area contributed by atoms with Gasteiger partial charge in [0.2, 0.25) is 6.79 Å². The van der Waals surface area contributed by atoms with Crippen LogP contribution >= 0.6 is 0 Å². The van der Waals surface area contributed by atoms with Crippen LogP contribution < -0.4 is 15.0 Å². The first-order valence-electron chi connectivity index (χ1n) is 7.36. The summed E-state index contributed by atoms with van der Waals surface area (Å²) in [5.41, 5.74) is 1.88. The number of amides is 1. The number of rotatable bonds is 1. The van der Waals surface area contributed by atoms with Gasteiger partial charge in [-0.2, -0.15) is 0 Å². The largest absolute Gasteiger partial charge is 0.454 e. The van der Waals surface area contributed by atoms with Gasteiger partial charge >= 0.3 is 0 Å². The number of hydrogen-bond donors (Lipinski definition) is 0. The van der Waals surface area contributed by atoms with E-state index in [0.717, 1.165) is 0 Å². The molecule has 0 N–H and O–H groups in total. The van der Waals surface area contributed by atoms with E-state index in [1.165, 1.54) is 10.9 Å². The van der Waals surface area contributed by atoms with Crippen molar-refractivity contribution in [3.63, 3.8) is 0 Å². The molecule has 0 atom stereocenters. The third-order valence-corrected chi connectivity index (χ3v) is 4.19. The fraction of sp³-hybridized carbons (Fsp3) is 0.312. The minimum absolute atomic E-state index is 0.0369. The second-order valence-corrected chi connectivity index (χ2v) is 5.63. The lowest BCUT2D eigenvalue weighted by Gasteiger charge is -2.28. The molecule has 4 rings (SSSR count). The van der Waals surface area contributed by atoms with Crippen LogP contribution in [0.25, 0.3) is 0 Å². The van der Waals surface area contributed by atoms with Crippen molar-refractivity contribution in [2.24, 2.45) is 7.05 Å². The van der Waals surface area contributed by atoms with Gasteiger partial charge in [-0.05, 0) is 24.6 Å². The second-order valence-electron chi connectivity index (χ2n) is 5.63. The third-order valence-electron chi connectivity index (χ3n) is 4.19. The third kappa shape index (κ3) is 2.25. The Morgan fingerprint density at radius 1 is 1.26 bits per heavy atom. The van der Waals surface area contributed by atoms with E-state index < -0.39 is 0 Å². The van der Waals surface area contributed by atoms with E-state index >= 15 is 0 Å². The normalized spacial score (nSPS) is 15.4. The molecule has 0 saturated heterocycles. The Labute approximate surface area is 132 Å². The van der Waals surface area contributed by atoms with Crippen LogP contribution in [0.2, 0.25) is 0 Å². The number of nitrogens with zero attached hydrogens (tertiary/aromatic N) is 3. The number of carbonyl (C=O) groups is 1. The molecule has 1 amide bonds. The Hall–Kier alpha value is -2.83. The molecular weight excluding hydrogens is 298 g/mol. The summed E-state index contributed by atoms with van der Waals surface area (Å²) in [5.74, 6) is 1.13. The number of carbonyl (C=O) groups excluding carboxylic acids is 1. The zero-order valence-corrected chi connectivity index (χ0v) is 12.6. The van der Waals surface area contributed by atoms with E-state index in [2.05, 4.69) is 4.98 Å². The van der Waals surface area contributed by atoms with Gasteiger partial charge in [-0.25, -0.2) is 4.98 Å². The highest BCUT2D eigenvalue weighted by atomic mass is 16.7. The first-order chi connectivity index (χ1) is 11.1. The second kappa shape index (κ2) is 5.12. The minimum Gasteiger partial charge on any atom is -0.454 e. The summed E-state index contributed by atoms with van der Waals surface area (Å²) in [6.45, 7) is 1.02. The summed E-state index contributed by atoms with van der Waals surface area (Å²) in [5, 5.41) is 0. The molecule has 0 fully saturated rings. The standard InChI is InChI=1S/C16H15N3O4/c1-18-8-17-12-7-19(5-4-11(12)16(18)21)15(20)10-2-3-13-14(6-10)23-9-22-13/h2-3,6,8H,4-5,7,9H2,1H3. The molecule has 118 valence electrons. The van der Waals surface area contributed by atoms with Gasteiger partial charge in [-0.3, -0.25) is 9.59 Å². The number of aryl methyl sites for hydroxylation is 1. The lowest BCUT2D eigenvalue weighted by atomic mass is 10.1. The molecule has 0 saturated carbocycles. The lowest BCUT2D eigenvalue weighted by molar-refractivity contribution is 0.0730. The van der Waals surface area contributed by atoms with E-state index in [9.17, 15) is 9.59 Å². The van der Waals surface area contributed by atoms with Gasteiger partial charge in [-0.15, -0.1) is 0 Å². The van der Waals surface area contributed by atoms with Gasteiger partial charge in [0.15, 0.2) is 11.5 Å². The fourth-order valence-corrected chi connectivity index (χ4v) is 2.90. The Morgan fingerprint density at radius 3 is 2.96 bits per heavy atom. The van der Waals surface area contributed by atoms with Crippen LogP contribution in [0.4, 0.5) is 0 Å². The van der Waals surface area contributed by atoms with E-state index in [1.54, 1.807) is 30.1 Å². The highest BCUT2D eigenvalue weighted by Crippen LogP contribution is 2.33. The fourth-order valence-electron chi connectivity index (χ4n) is 2.90. The van der Waals surface area contributed by atoms with E-state index in [1.807, 2.05) is 0 Å². The zero-order valence-electron chi connectivity index (χ0n) is 12.6.